The number of aromatic amines is 1. The van der Waals surface area contributed by atoms with Crippen molar-refractivity contribution in [2.24, 2.45) is 0 Å². The fourth-order valence-corrected chi connectivity index (χ4v) is 3.54. The van der Waals surface area contributed by atoms with Crippen molar-refractivity contribution in [1.29, 1.82) is 0 Å². The Labute approximate surface area is 164 Å². The molecule has 0 unspecified atom stereocenters. The van der Waals surface area contributed by atoms with Gasteiger partial charge in [-0.1, -0.05) is 23.4 Å². The van der Waals surface area contributed by atoms with E-state index in [0.29, 0.717) is 23.7 Å². The topological polar surface area (TPSA) is 101 Å². The van der Waals surface area contributed by atoms with Crippen LogP contribution in [-0.2, 0) is 17.8 Å². The lowest BCUT2D eigenvalue weighted by atomic mass is 10.1. The smallest absolute Gasteiger partial charge is 0.251 e. The molecule has 0 aliphatic carbocycles. The highest BCUT2D eigenvalue weighted by molar-refractivity contribution is 7.13. The van der Waals surface area contributed by atoms with Crippen LogP contribution < -0.4 is 10.9 Å². The van der Waals surface area contributed by atoms with Gasteiger partial charge in [-0.2, -0.15) is 4.98 Å². The Bertz CT molecular complexity index is 1180. The van der Waals surface area contributed by atoms with Crippen molar-refractivity contribution in [2.45, 2.75) is 26.3 Å². The molecule has 0 aliphatic heterocycles. The van der Waals surface area contributed by atoms with Crippen LogP contribution in [-0.4, -0.2) is 21.0 Å². The predicted molar refractivity (Wildman–Crippen MR) is 107 cm³/mol. The molecule has 7 nitrogen and oxygen atoms in total. The number of nitrogens with one attached hydrogen (secondary N) is 2. The minimum absolute atomic E-state index is 0.157. The van der Waals surface area contributed by atoms with Crippen LogP contribution in [0.15, 0.2) is 51.1 Å². The number of benzene rings is 1. The Hall–Kier alpha value is -3.26. The van der Waals surface area contributed by atoms with Gasteiger partial charge in [-0.05, 0) is 47.9 Å². The van der Waals surface area contributed by atoms with E-state index >= 15 is 0 Å². The van der Waals surface area contributed by atoms with Gasteiger partial charge in [-0.15, -0.1) is 11.3 Å². The third-order valence-corrected chi connectivity index (χ3v) is 5.21. The van der Waals surface area contributed by atoms with E-state index in [1.807, 2.05) is 48.7 Å². The maximum Gasteiger partial charge on any atom is 0.251 e. The normalized spacial score (nSPS) is 11.0. The van der Waals surface area contributed by atoms with Gasteiger partial charge in [0.25, 0.3) is 5.56 Å². The van der Waals surface area contributed by atoms with Crippen molar-refractivity contribution in [3.8, 4) is 10.7 Å². The largest absolute Gasteiger partial charge is 0.347 e. The average molecular weight is 394 g/mol. The number of hydrogen-bond donors (Lipinski definition) is 2. The number of rotatable bonds is 6. The highest BCUT2D eigenvalue weighted by Gasteiger charge is 2.11. The molecule has 0 aliphatic rings. The molecule has 2 N–H and O–H groups in total. The Morgan fingerprint density at radius 3 is 3.00 bits per heavy atom. The van der Waals surface area contributed by atoms with Gasteiger partial charge in [0.1, 0.15) is 0 Å². The summed E-state index contributed by atoms with van der Waals surface area (Å²) in [6.07, 6.45) is 0.557. The first-order valence-electron chi connectivity index (χ1n) is 8.84. The monoisotopic (exact) mass is 394 g/mol. The summed E-state index contributed by atoms with van der Waals surface area (Å²) in [4.78, 5) is 32.4. The van der Waals surface area contributed by atoms with E-state index in [1.165, 1.54) is 11.3 Å². The van der Waals surface area contributed by atoms with Crippen LogP contribution in [0.4, 0.5) is 0 Å². The molecule has 0 bridgehead atoms. The minimum atomic E-state index is -0.181. The van der Waals surface area contributed by atoms with E-state index in [1.54, 1.807) is 0 Å². The third kappa shape index (κ3) is 4.01. The first-order valence-corrected chi connectivity index (χ1v) is 9.72. The Balaban J connectivity index is 1.34. The van der Waals surface area contributed by atoms with Gasteiger partial charge in [0.2, 0.25) is 17.6 Å². The lowest BCUT2D eigenvalue weighted by Crippen LogP contribution is -2.24. The third-order valence-electron chi connectivity index (χ3n) is 4.35. The molecule has 3 heterocycles. The molecule has 8 heteroatoms. The molecule has 4 rings (SSSR count). The van der Waals surface area contributed by atoms with Crippen LogP contribution in [0, 0.1) is 6.92 Å². The summed E-state index contributed by atoms with van der Waals surface area (Å²) in [5.74, 6) is 0.673. The molecule has 0 saturated carbocycles. The van der Waals surface area contributed by atoms with Crippen molar-refractivity contribution in [3.63, 3.8) is 0 Å². The molecule has 1 aromatic carbocycles. The lowest BCUT2D eigenvalue weighted by Gasteiger charge is -2.05. The van der Waals surface area contributed by atoms with E-state index < -0.39 is 0 Å². The van der Waals surface area contributed by atoms with Gasteiger partial charge in [0, 0.05) is 17.5 Å². The molecule has 3 aromatic heterocycles. The zero-order valence-corrected chi connectivity index (χ0v) is 16.0. The molecule has 1 amide bonds. The van der Waals surface area contributed by atoms with Crippen LogP contribution in [0.3, 0.4) is 0 Å². The second kappa shape index (κ2) is 7.77. The molecule has 4 aromatic rings. The summed E-state index contributed by atoms with van der Waals surface area (Å²) in [6, 6.07) is 11.5. The summed E-state index contributed by atoms with van der Waals surface area (Å²) < 4.78 is 5.15. The van der Waals surface area contributed by atoms with Crippen molar-refractivity contribution in [3.05, 3.63) is 69.1 Å². The van der Waals surface area contributed by atoms with Crippen LogP contribution in [0.5, 0.6) is 0 Å². The summed E-state index contributed by atoms with van der Waals surface area (Å²) in [7, 11) is 0. The van der Waals surface area contributed by atoms with Gasteiger partial charge in [0.05, 0.1) is 11.4 Å². The van der Waals surface area contributed by atoms with Crippen molar-refractivity contribution in [1.82, 2.24) is 20.4 Å². The second-order valence-corrected chi connectivity index (χ2v) is 7.43. The number of amides is 1. The number of hydrogen-bond acceptors (Lipinski definition) is 6. The maximum atomic E-state index is 12.2. The summed E-state index contributed by atoms with van der Waals surface area (Å²) in [6.45, 7) is 2.13. The van der Waals surface area contributed by atoms with E-state index in [4.69, 9.17) is 4.52 Å². The molecular weight excluding hydrogens is 376 g/mol. The molecular formula is C20H18N4O3S. The predicted octanol–water partition coefficient (Wildman–Crippen LogP) is 3.20. The maximum absolute atomic E-state index is 12.2. The minimum Gasteiger partial charge on any atom is -0.347 e. The first-order chi connectivity index (χ1) is 13.6. The van der Waals surface area contributed by atoms with Crippen molar-refractivity contribution < 1.29 is 9.32 Å². The van der Waals surface area contributed by atoms with Crippen LogP contribution in [0.25, 0.3) is 21.6 Å². The van der Waals surface area contributed by atoms with Gasteiger partial charge < -0.3 is 14.8 Å². The standard InChI is InChI=1S/C20H18N4O3S/c1-12-4-5-13-10-14(20(26)22-15(13)9-12)6-7-17(25)21-11-18-23-19(24-27-18)16-3-2-8-28-16/h2-5,8-10H,6-7,11H2,1H3,(H,21,25)(H,22,26). The molecule has 0 spiro atoms. The summed E-state index contributed by atoms with van der Waals surface area (Å²) in [5, 5.41) is 9.54. The number of thiophene rings is 1. The van der Waals surface area contributed by atoms with E-state index in [0.717, 1.165) is 21.3 Å². The van der Waals surface area contributed by atoms with Gasteiger partial charge in [-0.25, -0.2) is 0 Å². The molecule has 0 saturated heterocycles. The number of nitrogens with zero attached hydrogens (tertiary/aromatic N) is 2. The zero-order chi connectivity index (χ0) is 19.5. The Morgan fingerprint density at radius 2 is 2.18 bits per heavy atom. The van der Waals surface area contributed by atoms with Crippen LogP contribution in [0.2, 0.25) is 0 Å². The number of fused-ring (bicyclic) bond motifs is 1. The highest BCUT2D eigenvalue weighted by Crippen LogP contribution is 2.21. The zero-order valence-electron chi connectivity index (χ0n) is 15.2. The van der Waals surface area contributed by atoms with Crippen LogP contribution in [0.1, 0.15) is 23.4 Å². The van der Waals surface area contributed by atoms with Crippen LogP contribution >= 0.6 is 11.3 Å². The average Bonchev–Trinajstić information content (AvgIpc) is 3.36. The summed E-state index contributed by atoms with van der Waals surface area (Å²) in [5.41, 5.74) is 2.31. The quantitative estimate of drug-likeness (QED) is 0.523. The number of aryl methyl sites for hydroxylation is 2. The number of carbonyl (C=O) groups excluding carboxylic acids is 1. The number of H-pyrrole nitrogens is 1. The second-order valence-electron chi connectivity index (χ2n) is 6.48. The fraction of sp³-hybridized carbons (Fsp3) is 0.200. The number of carbonyl (C=O) groups is 1. The van der Waals surface area contributed by atoms with Crippen molar-refractivity contribution >= 4 is 28.1 Å². The lowest BCUT2D eigenvalue weighted by molar-refractivity contribution is -0.121. The Morgan fingerprint density at radius 1 is 1.29 bits per heavy atom. The van der Waals surface area contributed by atoms with Gasteiger partial charge >= 0.3 is 0 Å². The van der Waals surface area contributed by atoms with Crippen molar-refractivity contribution in [2.75, 3.05) is 0 Å². The summed E-state index contributed by atoms with van der Waals surface area (Å²) >= 11 is 1.52. The van der Waals surface area contributed by atoms with Gasteiger partial charge in [-0.3, -0.25) is 9.59 Å². The molecule has 0 atom stereocenters. The molecule has 142 valence electrons. The first kappa shape index (κ1) is 18.1. The van der Waals surface area contributed by atoms with Gasteiger partial charge in [0.15, 0.2) is 0 Å². The number of pyridine rings is 1. The molecule has 0 radical (unpaired) electrons. The molecule has 0 fully saturated rings. The fourth-order valence-electron chi connectivity index (χ4n) is 2.89. The SMILES string of the molecule is Cc1ccc2cc(CCC(=O)NCc3nc(-c4cccs4)no3)c(=O)[nH]c2c1. The number of aromatic nitrogens is 3. The molecule has 28 heavy (non-hydrogen) atoms. The van der Waals surface area contributed by atoms with E-state index in [9.17, 15) is 9.59 Å². The Kier molecular flexibility index (Phi) is 5.03. The van der Waals surface area contributed by atoms with E-state index in [2.05, 4.69) is 20.4 Å². The van der Waals surface area contributed by atoms with E-state index in [-0.39, 0.29) is 24.4 Å². The highest BCUT2D eigenvalue weighted by atomic mass is 32.1.